The number of hydrogen-bond acceptors (Lipinski definition) is 4. The summed E-state index contributed by atoms with van der Waals surface area (Å²) in [4.78, 5) is 16.3. The second-order valence-corrected chi connectivity index (χ2v) is 6.10. The summed E-state index contributed by atoms with van der Waals surface area (Å²) in [6.45, 7) is 0. The zero-order valence-electron chi connectivity index (χ0n) is 12.6. The summed E-state index contributed by atoms with van der Waals surface area (Å²) in [5.74, 6) is -2.19. The summed E-state index contributed by atoms with van der Waals surface area (Å²) in [7, 11) is 0. The van der Waals surface area contributed by atoms with Crippen LogP contribution in [0.2, 0.25) is 0 Å². The zero-order chi connectivity index (χ0) is 17.4. The molecule has 1 amide bonds. The maximum absolute atomic E-state index is 13.7. The van der Waals surface area contributed by atoms with Gasteiger partial charge in [-0.1, -0.05) is 24.3 Å². The van der Waals surface area contributed by atoms with Crippen LogP contribution in [0.5, 0.6) is 0 Å². The molecule has 0 aliphatic carbocycles. The summed E-state index contributed by atoms with van der Waals surface area (Å²) in [6, 6.07) is 12.6. The number of aromatic nitrogens is 1. The second kappa shape index (κ2) is 6.10. The first-order chi connectivity index (χ1) is 12.1. The van der Waals surface area contributed by atoms with Gasteiger partial charge in [-0.25, -0.2) is 13.8 Å². The van der Waals surface area contributed by atoms with E-state index in [1.807, 2.05) is 30.3 Å². The van der Waals surface area contributed by atoms with E-state index in [0.29, 0.717) is 11.5 Å². The highest BCUT2D eigenvalue weighted by atomic mass is 32.1. The fourth-order valence-electron chi connectivity index (χ4n) is 2.43. The average molecular weight is 356 g/mol. The molecule has 1 N–H and O–H groups in total. The molecule has 0 bridgehead atoms. The van der Waals surface area contributed by atoms with Crippen LogP contribution < -0.4 is 5.32 Å². The number of anilines is 1. The first kappa shape index (κ1) is 15.5. The minimum absolute atomic E-state index is 0.225. The van der Waals surface area contributed by atoms with Crippen LogP contribution >= 0.6 is 11.3 Å². The number of benzene rings is 2. The Labute approximate surface area is 144 Å². The largest absolute Gasteiger partial charge is 0.454 e. The monoisotopic (exact) mass is 356 g/mol. The summed E-state index contributed by atoms with van der Waals surface area (Å²) >= 11 is 1.14. The van der Waals surface area contributed by atoms with E-state index < -0.39 is 23.1 Å². The van der Waals surface area contributed by atoms with Crippen LogP contribution in [-0.2, 0) is 0 Å². The van der Waals surface area contributed by atoms with Crippen LogP contribution in [0.15, 0.2) is 58.3 Å². The van der Waals surface area contributed by atoms with Gasteiger partial charge in [0.05, 0.1) is 0 Å². The van der Waals surface area contributed by atoms with E-state index in [4.69, 9.17) is 4.42 Å². The van der Waals surface area contributed by atoms with E-state index >= 15 is 0 Å². The third-order valence-corrected chi connectivity index (χ3v) is 4.35. The van der Waals surface area contributed by atoms with Gasteiger partial charge in [-0.05, 0) is 24.3 Å². The number of rotatable bonds is 3. The molecule has 4 nitrogen and oxygen atoms in total. The molecule has 4 aromatic rings. The van der Waals surface area contributed by atoms with Crippen molar-refractivity contribution in [1.82, 2.24) is 4.98 Å². The van der Waals surface area contributed by atoms with Crippen molar-refractivity contribution in [2.24, 2.45) is 0 Å². The van der Waals surface area contributed by atoms with Crippen molar-refractivity contribution in [3.63, 3.8) is 0 Å². The summed E-state index contributed by atoms with van der Waals surface area (Å²) in [5, 5.41) is 5.27. The van der Waals surface area contributed by atoms with E-state index in [0.717, 1.165) is 34.4 Å². The molecule has 0 saturated carbocycles. The van der Waals surface area contributed by atoms with Crippen molar-refractivity contribution in [3.05, 3.63) is 71.1 Å². The number of nitrogens with zero attached hydrogens (tertiary/aromatic N) is 1. The van der Waals surface area contributed by atoms with Crippen molar-refractivity contribution >= 4 is 33.3 Å². The van der Waals surface area contributed by atoms with E-state index in [1.54, 1.807) is 5.38 Å². The molecular weight excluding hydrogens is 346 g/mol. The van der Waals surface area contributed by atoms with Crippen LogP contribution in [-0.4, -0.2) is 10.9 Å². The third kappa shape index (κ3) is 2.89. The van der Waals surface area contributed by atoms with Gasteiger partial charge in [0.25, 0.3) is 5.91 Å². The number of carbonyl (C=O) groups is 1. The fraction of sp³-hybridized carbons (Fsp3) is 0. The number of amides is 1. The number of halogens is 2. The SMILES string of the molecule is O=C(Nc1nc(-c2cc3ccccc3o2)cs1)c1c(F)cccc1F. The van der Waals surface area contributed by atoms with E-state index in [9.17, 15) is 13.6 Å². The number of hydrogen-bond donors (Lipinski definition) is 1. The summed E-state index contributed by atoms with van der Waals surface area (Å²) in [6.07, 6.45) is 0. The lowest BCUT2D eigenvalue weighted by molar-refractivity contribution is 0.101. The molecule has 0 aliphatic heterocycles. The van der Waals surface area contributed by atoms with E-state index in [-0.39, 0.29) is 5.13 Å². The van der Waals surface area contributed by atoms with Gasteiger partial charge in [0.15, 0.2) is 10.9 Å². The Morgan fingerprint density at radius 1 is 1.08 bits per heavy atom. The molecule has 4 rings (SSSR count). The molecule has 0 unspecified atom stereocenters. The topological polar surface area (TPSA) is 55.1 Å². The standard InChI is InChI=1S/C18H10F2N2O2S/c19-11-5-3-6-12(20)16(11)17(23)22-18-21-13(9-25-18)15-8-10-4-1-2-7-14(10)24-15/h1-9H,(H,21,22,23). The minimum Gasteiger partial charge on any atom is -0.454 e. The van der Waals surface area contributed by atoms with Gasteiger partial charge in [0.1, 0.15) is 28.5 Å². The molecular formula is C18H10F2N2O2S. The van der Waals surface area contributed by atoms with Crippen LogP contribution in [0.3, 0.4) is 0 Å². The molecule has 0 radical (unpaired) electrons. The van der Waals surface area contributed by atoms with Gasteiger partial charge in [-0.3, -0.25) is 10.1 Å². The third-order valence-electron chi connectivity index (χ3n) is 3.59. The summed E-state index contributed by atoms with van der Waals surface area (Å²) in [5.41, 5.74) is 0.623. The van der Waals surface area contributed by atoms with Crippen LogP contribution in [0.25, 0.3) is 22.4 Å². The lowest BCUT2D eigenvalue weighted by Gasteiger charge is -2.04. The maximum atomic E-state index is 13.7. The number of para-hydroxylation sites is 1. The molecule has 0 saturated heterocycles. The first-order valence-electron chi connectivity index (χ1n) is 7.31. The quantitative estimate of drug-likeness (QED) is 0.556. The van der Waals surface area contributed by atoms with Gasteiger partial charge >= 0.3 is 0 Å². The lowest BCUT2D eigenvalue weighted by Crippen LogP contribution is -2.15. The van der Waals surface area contributed by atoms with Gasteiger partial charge in [-0.15, -0.1) is 11.3 Å². The summed E-state index contributed by atoms with van der Waals surface area (Å²) < 4.78 is 33.0. The Kier molecular flexibility index (Phi) is 3.77. The number of furan rings is 1. The van der Waals surface area contributed by atoms with Crippen molar-refractivity contribution in [2.75, 3.05) is 5.32 Å². The van der Waals surface area contributed by atoms with Crippen molar-refractivity contribution < 1.29 is 18.0 Å². The number of thiazole rings is 1. The molecule has 124 valence electrons. The molecule has 2 aromatic carbocycles. The Morgan fingerprint density at radius 3 is 2.60 bits per heavy atom. The second-order valence-electron chi connectivity index (χ2n) is 5.24. The maximum Gasteiger partial charge on any atom is 0.263 e. The van der Waals surface area contributed by atoms with E-state index in [2.05, 4.69) is 10.3 Å². The van der Waals surface area contributed by atoms with Gasteiger partial charge in [-0.2, -0.15) is 0 Å². The highest BCUT2D eigenvalue weighted by Gasteiger charge is 2.19. The lowest BCUT2D eigenvalue weighted by atomic mass is 10.2. The highest BCUT2D eigenvalue weighted by Crippen LogP contribution is 2.30. The zero-order valence-corrected chi connectivity index (χ0v) is 13.4. The highest BCUT2D eigenvalue weighted by molar-refractivity contribution is 7.14. The molecule has 0 atom stereocenters. The van der Waals surface area contributed by atoms with Crippen molar-refractivity contribution in [1.29, 1.82) is 0 Å². The predicted octanol–water partition coefficient (Wildman–Crippen LogP) is 5.09. The number of fused-ring (bicyclic) bond motifs is 1. The molecule has 25 heavy (non-hydrogen) atoms. The minimum atomic E-state index is -0.924. The molecule has 0 fully saturated rings. The van der Waals surface area contributed by atoms with Crippen molar-refractivity contribution in [2.45, 2.75) is 0 Å². The van der Waals surface area contributed by atoms with Crippen LogP contribution in [0.1, 0.15) is 10.4 Å². The number of carbonyl (C=O) groups excluding carboxylic acids is 1. The molecule has 0 spiro atoms. The fourth-order valence-corrected chi connectivity index (χ4v) is 3.12. The molecule has 0 aliphatic rings. The van der Waals surface area contributed by atoms with Gasteiger partial charge in [0, 0.05) is 10.8 Å². The Morgan fingerprint density at radius 2 is 1.84 bits per heavy atom. The first-order valence-corrected chi connectivity index (χ1v) is 8.19. The van der Waals surface area contributed by atoms with Crippen molar-refractivity contribution in [3.8, 4) is 11.5 Å². The van der Waals surface area contributed by atoms with Gasteiger partial charge < -0.3 is 4.42 Å². The molecule has 2 aromatic heterocycles. The normalized spacial score (nSPS) is 11.0. The Bertz CT molecular complexity index is 1030. The molecule has 7 heteroatoms. The average Bonchev–Trinajstić information content (AvgIpc) is 3.20. The van der Waals surface area contributed by atoms with Crippen LogP contribution in [0.4, 0.5) is 13.9 Å². The Hall–Kier alpha value is -3.06. The number of nitrogens with one attached hydrogen (secondary N) is 1. The smallest absolute Gasteiger partial charge is 0.263 e. The van der Waals surface area contributed by atoms with Crippen LogP contribution in [0, 0.1) is 11.6 Å². The molecule has 2 heterocycles. The predicted molar refractivity (Wildman–Crippen MR) is 91.6 cm³/mol. The van der Waals surface area contributed by atoms with E-state index in [1.165, 1.54) is 6.07 Å². The Balaban J connectivity index is 1.60. The van der Waals surface area contributed by atoms with Gasteiger partial charge in [0.2, 0.25) is 0 Å².